The molecule has 0 fully saturated rings. The average molecular weight is 403 g/mol. The van der Waals surface area contributed by atoms with Crippen LogP contribution in [-0.2, 0) is 0 Å². The molecule has 0 aliphatic heterocycles. The molecule has 0 heterocycles. The zero-order valence-electron chi connectivity index (χ0n) is 16.8. The molecule has 0 aliphatic rings. The lowest BCUT2D eigenvalue weighted by molar-refractivity contribution is 0.0462. The number of ether oxygens (including phenoxy) is 1. The number of nitrogens with two attached hydrogens (primary N) is 1. The minimum absolute atomic E-state index is 0.116. The molecular formula is C22H27ClN2O3. The molecule has 28 heavy (non-hydrogen) atoms. The minimum Gasteiger partial charge on any atom is -0.474 e. The lowest BCUT2D eigenvalue weighted by atomic mass is 9.92. The van der Waals surface area contributed by atoms with Crippen molar-refractivity contribution in [3.05, 3.63) is 52.5 Å². The number of hydrogen-bond donors (Lipinski definition) is 1. The first-order valence-corrected chi connectivity index (χ1v) is 9.88. The fraction of sp³-hybridized carbons (Fsp3) is 0.364. The van der Waals surface area contributed by atoms with Crippen LogP contribution in [0.3, 0.4) is 0 Å². The summed E-state index contributed by atoms with van der Waals surface area (Å²) in [5.74, 6) is -0.504. The number of halogens is 1. The molecule has 2 aromatic rings. The Morgan fingerprint density at radius 3 is 2.18 bits per heavy atom. The molecule has 0 radical (unpaired) electrons. The van der Waals surface area contributed by atoms with Crippen molar-refractivity contribution in [1.29, 1.82) is 0 Å². The van der Waals surface area contributed by atoms with E-state index < -0.39 is 5.91 Å². The van der Waals surface area contributed by atoms with E-state index in [1.165, 1.54) is 0 Å². The normalized spacial score (nSPS) is 12.1. The molecule has 0 saturated carbocycles. The highest BCUT2D eigenvalue weighted by Gasteiger charge is 2.25. The largest absolute Gasteiger partial charge is 0.474 e. The van der Waals surface area contributed by atoms with Crippen LogP contribution in [0.5, 0.6) is 5.75 Å². The maximum atomic E-state index is 12.9. The van der Waals surface area contributed by atoms with E-state index in [-0.39, 0.29) is 29.7 Å². The molecule has 0 aromatic heterocycles. The van der Waals surface area contributed by atoms with E-state index >= 15 is 0 Å². The SMILES string of the molecule is CCC(=O)c1c(-c2ccc(Cl)cc2)ccc(C(N)=O)c1OC(C)N(CC)CC. The minimum atomic E-state index is -0.630. The first kappa shape index (κ1) is 21.9. The summed E-state index contributed by atoms with van der Waals surface area (Å²) in [5, 5.41) is 0.604. The van der Waals surface area contributed by atoms with Crippen molar-refractivity contribution in [2.45, 2.75) is 40.3 Å². The zero-order valence-corrected chi connectivity index (χ0v) is 17.5. The third-order valence-corrected chi connectivity index (χ3v) is 5.05. The van der Waals surface area contributed by atoms with Gasteiger partial charge in [-0.3, -0.25) is 14.5 Å². The van der Waals surface area contributed by atoms with Crippen LogP contribution >= 0.6 is 11.6 Å². The topological polar surface area (TPSA) is 72.6 Å². The van der Waals surface area contributed by atoms with Crippen LogP contribution in [0.2, 0.25) is 5.02 Å². The maximum absolute atomic E-state index is 12.9. The second-order valence-electron chi connectivity index (χ2n) is 6.45. The van der Waals surface area contributed by atoms with Gasteiger partial charge in [-0.25, -0.2) is 0 Å². The molecule has 0 saturated heterocycles. The predicted molar refractivity (Wildman–Crippen MR) is 113 cm³/mol. The van der Waals surface area contributed by atoms with Gasteiger partial charge in [0.15, 0.2) is 5.78 Å². The summed E-state index contributed by atoms with van der Waals surface area (Å²) in [4.78, 5) is 27.0. The number of Topliss-reactive ketones (excluding diaryl/α,β-unsaturated/α-hetero) is 1. The molecule has 1 amide bonds. The summed E-state index contributed by atoms with van der Waals surface area (Å²) in [7, 11) is 0. The van der Waals surface area contributed by atoms with Gasteiger partial charge in [0.05, 0.1) is 11.1 Å². The van der Waals surface area contributed by atoms with Gasteiger partial charge >= 0.3 is 0 Å². The molecule has 6 heteroatoms. The standard InChI is InChI=1S/C22H27ClN2O3/c1-5-19(26)20-17(15-8-10-16(23)11-9-15)12-13-18(22(24)27)21(20)28-14(4)25(6-2)7-3/h8-14H,5-7H2,1-4H3,(H2,24,27). The lowest BCUT2D eigenvalue weighted by Gasteiger charge is -2.29. The Bertz CT molecular complexity index is 846. The Balaban J connectivity index is 2.70. The van der Waals surface area contributed by atoms with Crippen LogP contribution in [0.4, 0.5) is 0 Å². The molecule has 0 bridgehead atoms. The molecule has 2 N–H and O–H groups in total. The van der Waals surface area contributed by atoms with Crippen molar-refractivity contribution in [2.75, 3.05) is 13.1 Å². The van der Waals surface area contributed by atoms with E-state index in [4.69, 9.17) is 22.1 Å². The Hall–Kier alpha value is -2.37. The Labute approximate surface area is 171 Å². The van der Waals surface area contributed by atoms with E-state index in [0.717, 1.165) is 18.7 Å². The highest BCUT2D eigenvalue weighted by Crippen LogP contribution is 2.36. The average Bonchev–Trinajstić information content (AvgIpc) is 2.68. The number of rotatable bonds is 9. The monoisotopic (exact) mass is 402 g/mol. The Kier molecular flexibility index (Phi) is 7.61. The molecular weight excluding hydrogens is 376 g/mol. The number of carbonyl (C=O) groups is 2. The van der Waals surface area contributed by atoms with Crippen molar-refractivity contribution >= 4 is 23.3 Å². The van der Waals surface area contributed by atoms with Crippen molar-refractivity contribution < 1.29 is 14.3 Å². The number of amides is 1. The van der Waals surface area contributed by atoms with E-state index in [0.29, 0.717) is 16.1 Å². The summed E-state index contributed by atoms with van der Waals surface area (Å²) >= 11 is 6.00. The fourth-order valence-electron chi connectivity index (χ4n) is 3.21. The number of nitrogens with zero attached hydrogens (tertiary/aromatic N) is 1. The van der Waals surface area contributed by atoms with Crippen molar-refractivity contribution in [3.63, 3.8) is 0 Å². The van der Waals surface area contributed by atoms with Gasteiger partial charge in [0, 0.05) is 11.4 Å². The Morgan fingerprint density at radius 1 is 1.07 bits per heavy atom. The molecule has 2 rings (SSSR count). The van der Waals surface area contributed by atoms with E-state index in [1.807, 2.05) is 32.9 Å². The van der Waals surface area contributed by atoms with Crippen LogP contribution in [0, 0.1) is 0 Å². The molecule has 1 unspecified atom stereocenters. The number of carbonyl (C=O) groups excluding carboxylic acids is 2. The van der Waals surface area contributed by atoms with Gasteiger partial charge in [-0.1, -0.05) is 50.6 Å². The van der Waals surface area contributed by atoms with Gasteiger partial charge in [0.2, 0.25) is 0 Å². The van der Waals surface area contributed by atoms with Gasteiger partial charge in [-0.15, -0.1) is 0 Å². The Morgan fingerprint density at radius 2 is 1.68 bits per heavy atom. The van der Waals surface area contributed by atoms with Crippen molar-refractivity contribution in [2.24, 2.45) is 5.73 Å². The summed E-state index contributed by atoms with van der Waals surface area (Å²) in [6.45, 7) is 9.28. The summed E-state index contributed by atoms with van der Waals surface area (Å²) in [6.07, 6.45) is -0.0456. The molecule has 5 nitrogen and oxygen atoms in total. The zero-order chi connectivity index (χ0) is 20.8. The highest BCUT2D eigenvalue weighted by atomic mass is 35.5. The third kappa shape index (κ3) is 4.72. The van der Waals surface area contributed by atoms with E-state index in [9.17, 15) is 9.59 Å². The van der Waals surface area contributed by atoms with Crippen molar-refractivity contribution in [3.8, 4) is 16.9 Å². The van der Waals surface area contributed by atoms with Crippen LogP contribution < -0.4 is 10.5 Å². The molecule has 150 valence electrons. The van der Waals surface area contributed by atoms with Crippen LogP contribution in [0.15, 0.2) is 36.4 Å². The smallest absolute Gasteiger partial charge is 0.252 e. The van der Waals surface area contributed by atoms with Crippen LogP contribution in [0.25, 0.3) is 11.1 Å². The summed E-state index contributed by atoms with van der Waals surface area (Å²) in [5.41, 5.74) is 7.67. The number of benzene rings is 2. The van der Waals surface area contributed by atoms with Crippen molar-refractivity contribution in [1.82, 2.24) is 4.90 Å². The summed E-state index contributed by atoms with van der Waals surface area (Å²) in [6, 6.07) is 10.6. The molecule has 0 aliphatic carbocycles. The first-order valence-electron chi connectivity index (χ1n) is 9.50. The number of ketones is 1. The van der Waals surface area contributed by atoms with Crippen LogP contribution in [0.1, 0.15) is 54.8 Å². The second-order valence-corrected chi connectivity index (χ2v) is 6.89. The first-order chi connectivity index (χ1) is 13.3. The number of primary amides is 1. The van der Waals surface area contributed by atoms with E-state index in [2.05, 4.69) is 4.90 Å². The highest BCUT2D eigenvalue weighted by molar-refractivity contribution is 6.30. The van der Waals surface area contributed by atoms with E-state index in [1.54, 1.807) is 31.2 Å². The number of hydrogen-bond acceptors (Lipinski definition) is 4. The summed E-state index contributed by atoms with van der Waals surface area (Å²) < 4.78 is 6.17. The fourth-order valence-corrected chi connectivity index (χ4v) is 3.33. The second kappa shape index (κ2) is 9.71. The third-order valence-electron chi connectivity index (χ3n) is 4.79. The van der Waals surface area contributed by atoms with Gasteiger partial charge < -0.3 is 10.5 Å². The predicted octanol–water partition coefficient (Wildman–Crippen LogP) is 4.77. The quantitative estimate of drug-likeness (QED) is 0.484. The van der Waals surface area contributed by atoms with Crippen LogP contribution in [-0.4, -0.2) is 35.9 Å². The maximum Gasteiger partial charge on any atom is 0.252 e. The lowest BCUT2D eigenvalue weighted by Crippen LogP contribution is -2.37. The molecule has 1 atom stereocenters. The van der Waals surface area contributed by atoms with Gasteiger partial charge in [0.1, 0.15) is 12.0 Å². The van der Waals surface area contributed by atoms with Gasteiger partial charge in [0.25, 0.3) is 5.91 Å². The van der Waals surface area contributed by atoms with Gasteiger partial charge in [-0.2, -0.15) is 0 Å². The molecule has 0 spiro atoms. The van der Waals surface area contributed by atoms with Gasteiger partial charge in [-0.05, 0) is 49.3 Å². The molecule has 2 aromatic carbocycles.